The molecule has 1 heterocycles. The number of methoxy groups -OCH3 is 1. The molecule has 6 nitrogen and oxygen atoms in total. The van der Waals surface area contributed by atoms with Gasteiger partial charge in [-0.3, -0.25) is 4.99 Å². The number of ether oxygens (including phenoxy) is 2. The van der Waals surface area contributed by atoms with E-state index in [2.05, 4.69) is 48.1 Å². The molecule has 1 N–H and O–H groups in total. The van der Waals surface area contributed by atoms with Gasteiger partial charge in [0, 0.05) is 53.6 Å². The van der Waals surface area contributed by atoms with E-state index in [1.807, 2.05) is 7.05 Å². The number of hydrogen-bond donors (Lipinski definition) is 1. The summed E-state index contributed by atoms with van der Waals surface area (Å²) in [5, 5.41) is 3.55. The topological polar surface area (TPSA) is 49.3 Å². The summed E-state index contributed by atoms with van der Waals surface area (Å²) >= 11 is 0. The van der Waals surface area contributed by atoms with Crippen molar-refractivity contribution >= 4 is 5.96 Å². The Balaban J connectivity index is 2.33. The highest BCUT2D eigenvalue weighted by Crippen LogP contribution is 2.16. The molecule has 142 valence electrons. The molecule has 1 aliphatic heterocycles. The summed E-state index contributed by atoms with van der Waals surface area (Å²) in [5.41, 5.74) is 0.211. The molecule has 1 saturated heterocycles. The van der Waals surface area contributed by atoms with E-state index in [0.717, 1.165) is 64.6 Å². The summed E-state index contributed by atoms with van der Waals surface area (Å²) in [6, 6.07) is 0. The van der Waals surface area contributed by atoms with E-state index in [1.165, 1.54) is 0 Å². The van der Waals surface area contributed by atoms with Gasteiger partial charge >= 0.3 is 0 Å². The Morgan fingerprint density at radius 1 is 1.25 bits per heavy atom. The number of piperidine rings is 1. The predicted octanol–water partition coefficient (Wildman–Crippen LogP) is 1.67. The molecule has 0 bridgehead atoms. The first-order valence-electron chi connectivity index (χ1n) is 9.09. The minimum Gasteiger partial charge on any atom is -0.385 e. The maximum atomic E-state index is 5.93. The van der Waals surface area contributed by atoms with Crippen LogP contribution in [0.4, 0.5) is 0 Å². The van der Waals surface area contributed by atoms with E-state index in [0.29, 0.717) is 6.10 Å². The van der Waals surface area contributed by atoms with Crippen molar-refractivity contribution in [3.8, 4) is 0 Å². The van der Waals surface area contributed by atoms with E-state index in [-0.39, 0.29) is 5.41 Å². The van der Waals surface area contributed by atoms with Gasteiger partial charge in [-0.15, -0.1) is 0 Å². The third kappa shape index (κ3) is 8.31. The van der Waals surface area contributed by atoms with Crippen LogP contribution in [0, 0.1) is 5.41 Å². The second kappa shape index (κ2) is 10.9. The van der Waals surface area contributed by atoms with Gasteiger partial charge in [-0.05, 0) is 38.8 Å². The maximum Gasteiger partial charge on any atom is 0.193 e. The molecule has 0 aromatic heterocycles. The molecule has 0 unspecified atom stereocenters. The van der Waals surface area contributed by atoms with Gasteiger partial charge in [-0.1, -0.05) is 13.8 Å². The average molecular weight is 343 g/mol. The molecule has 24 heavy (non-hydrogen) atoms. The highest BCUT2D eigenvalue weighted by atomic mass is 16.5. The predicted molar refractivity (Wildman–Crippen MR) is 101 cm³/mol. The molecule has 1 aliphatic rings. The number of nitrogens with zero attached hydrogens (tertiary/aromatic N) is 3. The van der Waals surface area contributed by atoms with Crippen molar-refractivity contribution in [2.24, 2.45) is 10.4 Å². The molecular weight excluding hydrogens is 304 g/mol. The molecule has 0 saturated carbocycles. The van der Waals surface area contributed by atoms with Crippen LogP contribution < -0.4 is 5.32 Å². The molecule has 0 atom stereocenters. The van der Waals surface area contributed by atoms with Crippen molar-refractivity contribution in [1.29, 1.82) is 0 Å². The lowest BCUT2D eigenvalue weighted by atomic mass is 9.93. The van der Waals surface area contributed by atoms with Crippen LogP contribution in [-0.4, -0.2) is 89.5 Å². The average Bonchev–Trinajstić information content (AvgIpc) is 2.52. The molecule has 0 aromatic carbocycles. The third-order valence-electron chi connectivity index (χ3n) is 4.27. The Morgan fingerprint density at radius 3 is 2.46 bits per heavy atom. The molecule has 0 aliphatic carbocycles. The van der Waals surface area contributed by atoms with Crippen LogP contribution in [0.3, 0.4) is 0 Å². The number of nitrogens with one attached hydrogen (secondary N) is 1. The first kappa shape index (κ1) is 21.2. The van der Waals surface area contributed by atoms with Crippen molar-refractivity contribution in [2.75, 3.05) is 67.6 Å². The molecular formula is C18H38N4O2. The molecule has 0 spiro atoms. The Hall–Kier alpha value is -0.850. The van der Waals surface area contributed by atoms with Crippen LogP contribution in [0.5, 0.6) is 0 Å². The summed E-state index contributed by atoms with van der Waals surface area (Å²) in [7, 11) is 7.84. The van der Waals surface area contributed by atoms with Crippen LogP contribution >= 0.6 is 0 Å². The fourth-order valence-electron chi connectivity index (χ4n) is 3.25. The number of hydrogen-bond acceptors (Lipinski definition) is 4. The number of likely N-dealkylation sites (tertiary alicyclic amines) is 1. The van der Waals surface area contributed by atoms with Crippen LogP contribution in [0.15, 0.2) is 4.99 Å². The Kier molecular flexibility index (Phi) is 9.63. The van der Waals surface area contributed by atoms with E-state index < -0.39 is 0 Å². The summed E-state index contributed by atoms with van der Waals surface area (Å²) in [4.78, 5) is 9.05. The van der Waals surface area contributed by atoms with E-state index in [1.54, 1.807) is 7.11 Å². The Bertz CT molecular complexity index is 364. The maximum absolute atomic E-state index is 5.93. The second-order valence-corrected chi connectivity index (χ2v) is 7.71. The molecule has 6 heteroatoms. The first-order valence-corrected chi connectivity index (χ1v) is 9.09. The number of rotatable bonds is 9. The smallest absolute Gasteiger partial charge is 0.193 e. The van der Waals surface area contributed by atoms with Crippen molar-refractivity contribution < 1.29 is 9.47 Å². The molecule has 0 amide bonds. The second-order valence-electron chi connectivity index (χ2n) is 7.71. The Labute approximate surface area is 148 Å². The standard InChI is InChI=1S/C18H38N4O2/c1-18(2,15-21(4)5)14-20-17(19-3)22-10-8-16(9-11-22)24-13-7-12-23-6/h16H,7-15H2,1-6H3,(H,19,20). The van der Waals surface area contributed by atoms with Gasteiger partial charge < -0.3 is 24.6 Å². The summed E-state index contributed by atoms with van der Waals surface area (Å²) in [6.45, 7) is 10.1. The largest absolute Gasteiger partial charge is 0.385 e. The lowest BCUT2D eigenvalue weighted by Gasteiger charge is -2.36. The van der Waals surface area contributed by atoms with Crippen LogP contribution in [0.1, 0.15) is 33.1 Å². The van der Waals surface area contributed by atoms with Gasteiger partial charge in [-0.2, -0.15) is 0 Å². The fourth-order valence-corrected chi connectivity index (χ4v) is 3.25. The highest BCUT2D eigenvalue weighted by Gasteiger charge is 2.24. The zero-order valence-electron chi connectivity index (χ0n) is 16.6. The highest BCUT2D eigenvalue weighted by molar-refractivity contribution is 5.80. The lowest BCUT2D eigenvalue weighted by molar-refractivity contribution is 0.00982. The van der Waals surface area contributed by atoms with Gasteiger partial charge in [0.05, 0.1) is 6.10 Å². The van der Waals surface area contributed by atoms with E-state index >= 15 is 0 Å². The quantitative estimate of drug-likeness (QED) is 0.392. The summed E-state index contributed by atoms with van der Waals surface area (Å²) in [6.07, 6.45) is 3.48. The van der Waals surface area contributed by atoms with Crippen molar-refractivity contribution in [2.45, 2.75) is 39.2 Å². The Morgan fingerprint density at radius 2 is 1.92 bits per heavy atom. The number of aliphatic imine (C=N–C) groups is 1. The van der Waals surface area contributed by atoms with E-state index in [4.69, 9.17) is 9.47 Å². The van der Waals surface area contributed by atoms with Gasteiger partial charge in [0.15, 0.2) is 5.96 Å². The monoisotopic (exact) mass is 342 g/mol. The fraction of sp³-hybridized carbons (Fsp3) is 0.944. The van der Waals surface area contributed by atoms with E-state index in [9.17, 15) is 0 Å². The van der Waals surface area contributed by atoms with Gasteiger partial charge in [0.2, 0.25) is 0 Å². The van der Waals surface area contributed by atoms with Gasteiger partial charge in [0.25, 0.3) is 0 Å². The molecule has 1 fully saturated rings. The first-order chi connectivity index (χ1) is 11.4. The van der Waals surface area contributed by atoms with Crippen LogP contribution in [-0.2, 0) is 9.47 Å². The van der Waals surface area contributed by atoms with Gasteiger partial charge in [-0.25, -0.2) is 0 Å². The minimum absolute atomic E-state index is 0.211. The van der Waals surface area contributed by atoms with Crippen LogP contribution in [0.2, 0.25) is 0 Å². The minimum atomic E-state index is 0.211. The number of guanidine groups is 1. The lowest BCUT2D eigenvalue weighted by Crippen LogP contribution is -2.50. The zero-order valence-corrected chi connectivity index (χ0v) is 16.6. The van der Waals surface area contributed by atoms with Crippen LogP contribution in [0.25, 0.3) is 0 Å². The third-order valence-corrected chi connectivity index (χ3v) is 4.27. The normalized spacial score (nSPS) is 17.6. The SMILES string of the molecule is CN=C(NCC(C)(C)CN(C)C)N1CCC(OCCCOC)CC1. The molecule has 1 rings (SSSR count). The van der Waals surface area contributed by atoms with Crippen molar-refractivity contribution in [3.05, 3.63) is 0 Å². The molecule has 0 aromatic rings. The summed E-state index contributed by atoms with van der Waals surface area (Å²) in [5.74, 6) is 1.01. The van der Waals surface area contributed by atoms with Crippen molar-refractivity contribution in [3.63, 3.8) is 0 Å². The zero-order chi connectivity index (χ0) is 18.0. The van der Waals surface area contributed by atoms with Crippen molar-refractivity contribution in [1.82, 2.24) is 15.1 Å². The molecule has 0 radical (unpaired) electrons. The summed E-state index contributed by atoms with van der Waals surface area (Å²) < 4.78 is 11.0. The van der Waals surface area contributed by atoms with Gasteiger partial charge in [0.1, 0.15) is 0 Å².